The van der Waals surface area contributed by atoms with Crippen LogP contribution in [-0.2, 0) is 19.1 Å². The first-order chi connectivity index (χ1) is 13.2. The SMILES string of the molecule is COC(=O)C(=O)Nc1ccc([C@H]2CC[C@H](CNC(=O)OC(C)(C)C)CC2)cc1. The van der Waals surface area contributed by atoms with Crippen molar-refractivity contribution in [2.45, 2.75) is 58.0 Å². The third-order valence-electron chi connectivity index (χ3n) is 4.79. The average Bonchev–Trinajstić information content (AvgIpc) is 2.65. The Labute approximate surface area is 166 Å². The van der Waals surface area contributed by atoms with Gasteiger partial charge in [0.1, 0.15) is 5.60 Å². The minimum atomic E-state index is -0.914. The number of nitrogens with one attached hydrogen (secondary N) is 2. The number of rotatable bonds is 4. The monoisotopic (exact) mass is 390 g/mol. The Hall–Kier alpha value is -2.57. The maximum atomic E-state index is 11.8. The zero-order valence-corrected chi connectivity index (χ0v) is 17.0. The summed E-state index contributed by atoms with van der Waals surface area (Å²) in [7, 11) is 1.17. The van der Waals surface area contributed by atoms with Crippen LogP contribution in [0.2, 0.25) is 0 Å². The molecule has 0 atom stereocenters. The first kappa shape index (κ1) is 21.7. The Morgan fingerprint density at radius 1 is 1.04 bits per heavy atom. The van der Waals surface area contributed by atoms with E-state index in [9.17, 15) is 14.4 Å². The lowest BCUT2D eigenvalue weighted by molar-refractivity contribution is -0.150. The summed E-state index contributed by atoms with van der Waals surface area (Å²) in [5.74, 6) is -0.777. The summed E-state index contributed by atoms with van der Waals surface area (Å²) >= 11 is 0. The van der Waals surface area contributed by atoms with Crippen LogP contribution < -0.4 is 10.6 Å². The number of ether oxygens (including phenoxy) is 2. The van der Waals surface area contributed by atoms with Gasteiger partial charge in [0.05, 0.1) is 7.11 Å². The molecule has 1 aromatic carbocycles. The number of methoxy groups -OCH3 is 1. The smallest absolute Gasteiger partial charge is 0.407 e. The Morgan fingerprint density at radius 3 is 2.18 bits per heavy atom. The van der Waals surface area contributed by atoms with E-state index in [0.29, 0.717) is 24.1 Å². The number of alkyl carbamates (subject to hydrolysis) is 1. The van der Waals surface area contributed by atoms with Gasteiger partial charge < -0.3 is 20.1 Å². The molecule has 7 nitrogen and oxygen atoms in total. The molecule has 1 aromatic rings. The molecule has 0 spiro atoms. The van der Waals surface area contributed by atoms with Gasteiger partial charge in [0, 0.05) is 12.2 Å². The minimum absolute atomic E-state index is 0.362. The lowest BCUT2D eigenvalue weighted by atomic mass is 9.78. The molecule has 1 fully saturated rings. The van der Waals surface area contributed by atoms with Crippen LogP contribution in [0.25, 0.3) is 0 Å². The van der Waals surface area contributed by atoms with Crippen molar-refractivity contribution < 1.29 is 23.9 Å². The van der Waals surface area contributed by atoms with E-state index < -0.39 is 17.5 Å². The molecule has 0 unspecified atom stereocenters. The van der Waals surface area contributed by atoms with Gasteiger partial charge in [-0.3, -0.25) is 4.79 Å². The summed E-state index contributed by atoms with van der Waals surface area (Å²) < 4.78 is 9.66. The van der Waals surface area contributed by atoms with Crippen molar-refractivity contribution in [1.82, 2.24) is 5.32 Å². The van der Waals surface area contributed by atoms with E-state index in [1.54, 1.807) is 12.1 Å². The normalized spacial score (nSPS) is 19.4. The lowest BCUT2D eigenvalue weighted by Crippen LogP contribution is -2.36. The largest absolute Gasteiger partial charge is 0.462 e. The molecular formula is C21H30N2O5. The number of esters is 1. The third kappa shape index (κ3) is 6.87. The van der Waals surface area contributed by atoms with E-state index in [0.717, 1.165) is 25.7 Å². The molecule has 0 aromatic heterocycles. The van der Waals surface area contributed by atoms with Crippen molar-refractivity contribution >= 4 is 23.7 Å². The summed E-state index contributed by atoms with van der Waals surface area (Å²) in [6.07, 6.45) is 3.82. The fourth-order valence-corrected chi connectivity index (χ4v) is 3.36. The number of carbonyl (C=O) groups excluding carboxylic acids is 3. The second kappa shape index (κ2) is 9.57. The average molecular weight is 390 g/mol. The van der Waals surface area contributed by atoms with Crippen LogP contribution in [0.5, 0.6) is 0 Å². The zero-order valence-electron chi connectivity index (χ0n) is 17.0. The highest BCUT2D eigenvalue weighted by atomic mass is 16.6. The fourth-order valence-electron chi connectivity index (χ4n) is 3.36. The van der Waals surface area contributed by atoms with Crippen LogP contribution in [-0.4, -0.2) is 37.2 Å². The molecule has 7 heteroatoms. The quantitative estimate of drug-likeness (QED) is 0.605. The summed E-state index contributed by atoms with van der Waals surface area (Å²) in [6, 6.07) is 7.56. The van der Waals surface area contributed by atoms with E-state index >= 15 is 0 Å². The zero-order chi connectivity index (χ0) is 20.7. The molecule has 2 amide bonds. The van der Waals surface area contributed by atoms with Crippen LogP contribution in [0, 0.1) is 5.92 Å². The van der Waals surface area contributed by atoms with Crippen molar-refractivity contribution in [3.63, 3.8) is 0 Å². The highest BCUT2D eigenvalue weighted by Gasteiger charge is 2.24. The van der Waals surface area contributed by atoms with Crippen LogP contribution >= 0.6 is 0 Å². The van der Waals surface area contributed by atoms with Crippen LogP contribution in [0.15, 0.2) is 24.3 Å². The molecule has 1 saturated carbocycles. The van der Waals surface area contributed by atoms with E-state index in [2.05, 4.69) is 15.4 Å². The van der Waals surface area contributed by atoms with Gasteiger partial charge in [-0.2, -0.15) is 0 Å². The van der Waals surface area contributed by atoms with Gasteiger partial charge in [-0.25, -0.2) is 9.59 Å². The van der Waals surface area contributed by atoms with Gasteiger partial charge in [-0.15, -0.1) is 0 Å². The fraction of sp³-hybridized carbons (Fsp3) is 0.571. The molecule has 0 radical (unpaired) electrons. The van der Waals surface area contributed by atoms with Gasteiger partial charge >= 0.3 is 18.0 Å². The third-order valence-corrected chi connectivity index (χ3v) is 4.79. The van der Waals surface area contributed by atoms with E-state index in [1.807, 2.05) is 32.9 Å². The van der Waals surface area contributed by atoms with Gasteiger partial charge in [0.2, 0.25) is 0 Å². The highest BCUT2D eigenvalue weighted by Crippen LogP contribution is 2.35. The van der Waals surface area contributed by atoms with E-state index in [1.165, 1.54) is 12.7 Å². The van der Waals surface area contributed by atoms with Crippen LogP contribution in [0.4, 0.5) is 10.5 Å². The van der Waals surface area contributed by atoms with E-state index in [4.69, 9.17) is 4.74 Å². The maximum Gasteiger partial charge on any atom is 0.407 e. The maximum absolute atomic E-state index is 11.8. The number of benzene rings is 1. The van der Waals surface area contributed by atoms with Crippen molar-refractivity contribution in [3.05, 3.63) is 29.8 Å². The second-order valence-electron chi connectivity index (χ2n) is 8.17. The Bertz CT molecular complexity index is 686. The molecule has 1 aliphatic rings. The number of carbonyl (C=O) groups is 3. The first-order valence-electron chi connectivity index (χ1n) is 9.64. The Kier molecular flexibility index (Phi) is 7.43. The summed E-state index contributed by atoms with van der Waals surface area (Å²) in [5, 5.41) is 5.37. The topological polar surface area (TPSA) is 93.7 Å². The molecule has 2 N–H and O–H groups in total. The first-order valence-corrected chi connectivity index (χ1v) is 9.64. The molecular weight excluding hydrogens is 360 g/mol. The number of anilines is 1. The van der Waals surface area contributed by atoms with Gasteiger partial charge in [-0.1, -0.05) is 12.1 Å². The lowest BCUT2D eigenvalue weighted by Gasteiger charge is -2.29. The van der Waals surface area contributed by atoms with Crippen molar-refractivity contribution in [3.8, 4) is 0 Å². The molecule has 1 aliphatic carbocycles. The number of hydrogen-bond acceptors (Lipinski definition) is 5. The summed E-state index contributed by atoms with van der Waals surface area (Å²) in [5.41, 5.74) is 1.30. The highest BCUT2D eigenvalue weighted by molar-refractivity contribution is 6.37. The molecule has 0 saturated heterocycles. The summed E-state index contributed by atoms with van der Waals surface area (Å²) in [6.45, 7) is 6.19. The molecule has 2 rings (SSSR count). The molecule has 154 valence electrons. The van der Waals surface area contributed by atoms with Crippen molar-refractivity contribution in [2.75, 3.05) is 19.0 Å². The van der Waals surface area contributed by atoms with Crippen LogP contribution in [0.3, 0.4) is 0 Å². The summed E-state index contributed by atoms with van der Waals surface area (Å²) in [4.78, 5) is 34.4. The number of amides is 2. The number of hydrogen-bond donors (Lipinski definition) is 2. The standard InChI is InChI=1S/C21H30N2O5/c1-21(2,3)28-20(26)22-13-14-5-7-15(8-6-14)16-9-11-17(12-10-16)23-18(24)19(25)27-4/h9-12,14-15H,5-8,13H2,1-4H3,(H,22,26)(H,23,24)/t14-,15-. The molecule has 0 heterocycles. The van der Waals surface area contributed by atoms with Gasteiger partial charge in [0.15, 0.2) is 0 Å². The minimum Gasteiger partial charge on any atom is -0.462 e. The Balaban J connectivity index is 1.77. The molecule has 28 heavy (non-hydrogen) atoms. The predicted molar refractivity (Wildman–Crippen MR) is 106 cm³/mol. The van der Waals surface area contributed by atoms with Crippen molar-refractivity contribution in [1.29, 1.82) is 0 Å². The van der Waals surface area contributed by atoms with Crippen molar-refractivity contribution in [2.24, 2.45) is 5.92 Å². The Morgan fingerprint density at radius 2 is 1.64 bits per heavy atom. The molecule has 0 aliphatic heterocycles. The molecule has 0 bridgehead atoms. The van der Waals surface area contributed by atoms with Gasteiger partial charge in [-0.05, 0) is 76.0 Å². The van der Waals surface area contributed by atoms with E-state index in [-0.39, 0.29) is 6.09 Å². The van der Waals surface area contributed by atoms with Gasteiger partial charge in [0.25, 0.3) is 0 Å². The second-order valence-corrected chi connectivity index (χ2v) is 8.17. The van der Waals surface area contributed by atoms with Crippen LogP contribution in [0.1, 0.15) is 57.9 Å². The predicted octanol–water partition coefficient (Wildman–Crippen LogP) is 3.60.